The highest BCUT2D eigenvalue weighted by molar-refractivity contribution is 7.89. The predicted molar refractivity (Wildman–Crippen MR) is 66.8 cm³/mol. The maximum Gasteiger partial charge on any atom is 0.274 e. The van der Waals surface area contributed by atoms with Gasteiger partial charge in [-0.25, -0.2) is 8.42 Å². The van der Waals surface area contributed by atoms with Crippen LogP contribution in [-0.4, -0.2) is 13.5 Å². The molecule has 6 nitrogen and oxygen atoms in total. The maximum atomic E-state index is 12.0. The Balaban J connectivity index is 2.17. The smallest absolute Gasteiger partial charge is 0.274 e. The van der Waals surface area contributed by atoms with Gasteiger partial charge in [-0.2, -0.15) is 4.72 Å². The van der Waals surface area contributed by atoms with E-state index in [1.807, 2.05) is 0 Å². The van der Waals surface area contributed by atoms with E-state index in [-0.39, 0.29) is 17.5 Å². The van der Waals surface area contributed by atoms with Crippen molar-refractivity contribution in [2.45, 2.75) is 31.6 Å². The SMILES string of the molecule is Cc1ccc(C(C)NS(=O)(=O)c2ccc(CO)o2)o1. The molecule has 0 fully saturated rings. The summed E-state index contributed by atoms with van der Waals surface area (Å²) < 4.78 is 36.9. The first-order chi connectivity index (χ1) is 8.92. The van der Waals surface area contributed by atoms with E-state index in [9.17, 15) is 8.42 Å². The van der Waals surface area contributed by atoms with Crippen molar-refractivity contribution < 1.29 is 22.4 Å². The second kappa shape index (κ2) is 5.20. The van der Waals surface area contributed by atoms with Crippen molar-refractivity contribution in [2.75, 3.05) is 0 Å². The molecule has 2 N–H and O–H groups in total. The lowest BCUT2D eigenvalue weighted by Gasteiger charge is -2.10. The first kappa shape index (κ1) is 13.9. The highest BCUT2D eigenvalue weighted by Gasteiger charge is 2.23. The lowest BCUT2D eigenvalue weighted by atomic mass is 10.3. The summed E-state index contributed by atoms with van der Waals surface area (Å²) in [6, 6.07) is 5.67. The number of sulfonamides is 1. The Kier molecular flexibility index (Phi) is 3.79. The van der Waals surface area contributed by atoms with Gasteiger partial charge in [0.2, 0.25) is 5.09 Å². The summed E-state index contributed by atoms with van der Waals surface area (Å²) in [4.78, 5) is 0. The molecule has 0 aliphatic carbocycles. The molecule has 0 spiro atoms. The molecule has 0 aliphatic rings. The van der Waals surface area contributed by atoms with Crippen LogP contribution >= 0.6 is 0 Å². The Hall–Kier alpha value is -1.57. The van der Waals surface area contributed by atoms with Gasteiger partial charge in [0.15, 0.2) is 0 Å². The number of hydrogen-bond acceptors (Lipinski definition) is 5. The zero-order valence-corrected chi connectivity index (χ0v) is 11.4. The molecule has 1 atom stereocenters. The first-order valence-electron chi connectivity index (χ1n) is 5.70. The summed E-state index contributed by atoms with van der Waals surface area (Å²) in [6.45, 7) is 3.11. The Labute approximate surface area is 111 Å². The Morgan fingerprint density at radius 1 is 1.26 bits per heavy atom. The van der Waals surface area contributed by atoms with E-state index in [0.29, 0.717) is 11.5 Å². The molecule has 0 saturated heterocycles. The van der Waals surface area contributed by atoms with Crippen LogP contribution in [0.3, 0.4) is 0 Å². The molecule has 0 saturated carbocycles. The van der Waals surface area contributed by atoms with Crippen LogP contribution in [0.2, 0.25) is 0 Å². The van der Waals surface area contributed by atoms with Crippen LogP contribution in [0.1, 0.15) is 30.2 Å². The third kappa shape index (κ3) is 3.06. The van der Waals surface area contributed by atoms with Gasteiger partial charge in [0, 0.05) is 0 Å². The summed E-state index contributed by atoms with van der Waals surface area (Å²) in [5, 5.41) is 8.63. The molecule has 2 aromatic heterocycles. The van der Waals surface area contributed by atoms with Gasteiger partial charge in [0.1, 0.15) is 23.9 Å². The van der Waals surface area contributed by atoms with E-state index in [4.69, 9.17) is 13.9 Å². The van der Waals surface area contributed by atoms with E-state index >= 15 is 0 Å². The zero-order valence-electron chi connectivity index (χ0n) is 10.6. The van der Waals surface area contributed by atoms with E-state index in [1.165, 1.54) is 12.1 Å². The molecule has 0 radical (unpaired) electrons. The summed E-state index contributed by atoms with van der Waals surface area (Å²) in [6.07, 6.45) is 0. The van der Waals surface area contributed by atoms with Gasteiger partial charge in [-0.3, -0.25) is 0 Å². The van der Waals surface area contributed by atoms with Gasteiger partial charge in [0.05, 0.1) is 6.04 Å². The van der Waals surface area contributed by atoms with E-state index in [2.05, 4.69) is 4.72 Å². The molecule has 2 rings (SSSR count). The average Bonchev–Trinajstić information content (AvgIpc) is 2.96. The van der Waals surface area contributed by atoms with Crippen LogP contribution in [0, 0.1) is 6.92 Å². The first-order valence-corrected chi connectivity index (χ1v) is 7.19. The van der Waals surface area contributed by atoms with Gasteiger partial charge in [0.25, 0.3) is 10.0 Å². The summed E-state index contributed by atoms with van der Waals surface area (Å²) in [5.41, 5.74) is 0. The van der Waals surface area contributed by atoms with Crippen LogP contribution in [0.15, 0.2) is 38.2 Å². The van der Waals surface area contributed by atoms with Crippen LogP contribution in [0.4, 0.5) is 0 Å². The number of furan rings is 2. The molecule has 0 bridgehead atoms. The number of nitrogens with one attached hydrogen (secondary N) is 1. The van der Waals surface area contributed by atoms with Crippen LogP contribution in [-0.2, 0) is 16.6 Å². The molecule has 0 amide bonds. The fraction of sp³-hybridized carbons (Fsp3) is 0.333. The molecular weight excluding hydrogens is 270 g/mol. The third-order valence-electron chi connectivity index (χ3n) is 2.58. The van der Waals surface area contributed by atoms with Crippen LogP contribution < -0.4 is 4.72 Å². The third-order valence-corrected chi connectivity index (χ3v) is 3.99. The van der Waals surface area contributed by atoms with Crippen molar-refractivity contribution in [3.8, 4) is 0 Å². The monoisotopic (exact) mass is 285 g/mol. The maximum absolute atomic E-state index is 12.0. The molecule has 0 aliphatic heterocycles. The van der Waals surface area contributed by atoms with E-state index in [1.54, 1.807) is 26.0 Å². The molecule has 1 unspecified atom stereocenters. The normalized spacial score (nSPS) is 13.6. The standard InChI is InChI=1S/C12H15NO5S/c1-8-3-5-11(17-8)9(2)13-19(15,16)12-6-4-10(7-14)18-12/h3-6,9,13-14H,7H2,1-2H3. The number of aliphatic hydroxyl groups excluding tert-OH is 1. The summed E-state index contributed by atoms with van der Waals surface area (Å²) >= 11 is 0. The van der Waals surface area contributed by atoms with E-state index < -0.39 is 16.1 Å². The average molecular weight is 285 g/mol. The van der Waals surface area contributed by atoms with Crippen LogP contribution in [0.5, 0.6) is 0 Å². The Morgan fingerprint density at radius 3 is 2.53 bits per heavy atom. The van der Waals surface area contributed by atoms with Gasteiger partial charge in [-0.15, -0.1) is 0 Å². The second-order valence-electron chi connectivity index (χ2n) is 4.17. The highest BCUT2D eigenvalue weighted by Crippen LogP contribution is 2.20. The van der Waals surface area contributed by atoms with Gasteiger partial charge >= 0.3 is 0 Å². The van der Waals surface area contributed by atoms with Crippen molar-refractivity contribution >= 4 is 10.0 Å². The lowest BCUT2D eigenvalue weighted by Crippen LogP contribution is -2.26. The van der Waals surface area contributed by atoms with Crippen molar-refractivity contribution in [2.24, 2.45) is 0 Å². The second-order valence-corrected chi connectivity index (χ2v) is 5.82. The fourth-order valence-corrected chi connectivity index (χ4v) is 2.78. The van der Waals surface area contributed by atoms with Gasteiger partial charge < -0.3 is 13.9 Å². The summed E-state index contributed by atoms with van der Waals surface area (Å²) in [7, 11) is -3.78. The summed E-state index contributed by atoms with van der Waals surface area (Å²) in [5.74, 6) is 1.43. The minimum absolute atomic E-state index is 0.196. The minimum atomic E-state index is -3.78. The van der Waals surface area contributed by atoms with Gasteiger partial charge in [-0.1, -0.05) is 0 Å². The molecule has 7 heteroatoms. The highest BCUT2D eigenvalue weighted by atomic mass is 32.2. The molecule has 2 heterocycles. The van der Waals surface area contributed by atoms with E-state index in [0.717, 1.165) is 0 Å². The molecule has 19 heavy (non-hydrogen) atoms. The van der Waals surface area contributed by atoms with Gasteiger partial charge in [-0.05, 0) is 38.1 Å². The van der Waals surface area contributed by atoms with Crippen molar-refractivity contribution in [1.82, 2.24) is 4.72 Å². The molecule has 0 aromatic carbocycles. The largest absolute Gasteiger partial charge is 0.465 e. The number of aryl methyl sites for hydroxylation is 1. The topological polar surface area (TPSA) is 92.7 Å². The quantitative estimate of drug-likeness (QED) is 0.872. The Bertz CT molecular complexity index is 655. The number of hydrogen-bond donors (Lipinski definition) is 2. The number of aliphatic hydroxyl groups is 1. The predicted octanol–water partition coefficient (Wildman–Crippen LogP) is 1.71. The number of rotatable bonds is 5. The zero-order chi connectivity index (χ0) is 14.0. The fourth-order valence-electron chi connectivity index (χ4n) is 1.62. The Morgan fingerprint density at radius 2 is 2.00 bits per heavy atom. The van der Waals surface area contributed by atoms with Crippen molar-refractivity contribution in [1.29, 1.82) is 0 Å². The lowest BCUT2D eigenvalue weighted by molar-refractivity contribution is 0.236. The minimum Gasteiger partial charge on any atom is -0.465 e. The van der Waals surface area contributed by atoms with Crippen molar-refractivity contribution in [3.05, 3.63) is 41.5 Å². The molecular formula is C12H15NO5S. The molecule has 2 aromatic rings. The van der Waals surface area contributed by atoms with Crippen LogP contribution in [0.25, 0.3) is 0 Å². The van der Waals surface area contributed by atoms with Crippen molar-refractivity contribution in [3.63, 3.8) is 0 Å². The molecule has 104 valence electrons.